The minimum Gasteiger partial charge on any atom is -0.374 e. The van der Waals surface area contributed by atoms with Crippen molar-refractivity contribution < 1.29 is 25.8 Å². The minimum atomic E-state index is -5.84. The molecule has 10 heteroatoms. The summed E-state index contributed by atoms with van der Waals surface area (Å²) in [6, 6.07) is 3.22. The Labute approximate surface area is 110 Å². The van der Waals surface area contributed by atoms with Gasteiger partial charge in [-0.25, -0.2) is 0 Å². The Kier molecular flexibility index (Phi) is 4.00. The summed E-state index contributed by atoms with van der Waals surface area (Å²) in [4.78, 5) is 0. The Morgan fingerprint density at radius 1 is 1.22 bits per heavy atom. The average Bonchev–Trinajstić information content (AvgIpc) is 2.21. The molecule has 0 bridgehead atoms. The van der Waals surface area contributed by atoms with Gasteiger partial charge in [-0.15, -0.1) is 0 Å². The van der Waals surface area contributed by atoms with Crippen LogP contribution in [0.25, 0.3) is 0 Å². The van der Waals surface area contributed by atoms with Gasteiger partial charge in [0, 0.05) is 6.07 Å². The highest BCUT2D eigenvalue weighted by atomic mass is 35.5. The lowest BCUT2D eigenvalue weighted by molar-refractivity contribution is -0.0500. The van der Waals surface area contributed by atoms with Gasteiger partial charge in [0.15, 0.2) is 5.75 Å². The second-order valence-corrected chi connectivity index (χ2v) is 5.21. The zero-order valence-corrected chi connectivity index (χ0v) is 10.5. The number of alkyl halides is 3. The van der Waals surface area contributed by atoms with E-state index in [9.17, 15) is 21.6 Å². The first-order chi connectivity index (χ1) is 8.08. The van der Waals surface area contributed by atoms with Gasteiger partial charge in [-0.05, 0) is 6.07 Å². The van der Waals surface area contributed by atoms with E-state index in [-0.39, 0.29) is 10.6 Å². The molecule has 1 aromatic rings. The van der Waals surface area contributed by atoms with Crippen LogP contribution in [0.5, 0.6) is 5.75 Å². The van der Waals surface area contributed by atoms with Crippen LogP contribution in [0, 0.1) is 11.3 Å². The maximum Gasteiger partial charge on any atom is 0.534 e. The molecule has 4 nitrogen and oxygen atoms in total. The Balaban J connectivity index is 3.23. The smallest absolute Gasteiger partial charge is 0.374 e. The molecule has 0 saturated heterocycles. The van der Waals surface area contributed by atoms with Gasteiger partial charge in [0.2, 0.25) is 0 Å². The van der Waals surface area contributed by atoms with Crippen molar-refractivity contribution in [3.05, 3.63) is 27.7 Å². The first kappa shape index (κ1) is 14.9. The van der Waals surface area contributed by atoms with Gasteiger partial charge in [-0.3, -0.25) is 0 Å². The van der Waals surface area contributed by atoms with E-state index in [0.717, 1.165) is 6.07 Å². The fourth-order valence-electron chi connectivity index (χ4n) is 0.844. The van der Waals surface area contributed by atoms with Crippen molar-refractivity contribution in [2.75, 3.05) is 0 Å². The molecule has 0 atom stereocenters. The van der Waals surface area contributed by atoms with Gasteiger partial charge in [-0.1, -0.05) is 23.2 Å². The molecule has 1 aromatic carbocycles. The van der Waals surface area contributed by atoms with Crippen molar-refractivity contribution in [3.8, 4) is 11.8 Å². The van der Waals surface area contributed by atoms with Crippen LogP contribution in [-0.2, 0) is 10.1 Å². The lowest BCUT2D eigenvalue weighted by atomic mass is 10.2. The number of hydrogen-bond donors (Lipinski definition) is 0. The van der Waals surface area contributed by atoms with E-state index in [4.69, 9.17) is 28.5 Å². The highest BCUT2D eigenvalue weighted by Gasteiger charge is 2.48. The quantitative estimate of drug-likeness (QED) is 0.620. The molecule has 98 valence electrons. The van der Waals surface area contributed by atoms with Gasteiger partial charge in [-0.2, -0.15) is 26.9 Å². The summed E-state index contributed by atoms with van der Waals surface area (Å²) >= 11 is 11.0. The Morgan fingerprint density at radius 3 is 2.22 bits per heavy atom. The molecule has 0 spiro atoms. The zero-order chi connectivity index (χ0) is 14.1. The molecule has 0 aliphatic carbocycles. The van der Waals surface area contributed by atoms with Crippen LogP contribution in [-0.4, -0.2) is 13.9 Å². The lowest BCUT2D eigenvalue weighted by Gasteiger charge is -2.11. The average molecular weight is 320 g/mol. The Hall–Kier alpha value is -1.17. The second-order valence-electron chi connectivity index (χ2n) is 2.86. The maximum atomic E-state index is 12.1. The molecular formula is C8H2Cl2F3NO3S. The molecular weight excluding hydrogens is 318 g/mol. The van der Waals surface area contributed by atoms with E-state index in [0.29, 0.717) is 6.07 Å². The largest absolute Gasteiger partial charge is 0.534 e. The minimum absolute atomic E-state index is 0.126. The van der Waals surface area contributed by atoms with Crippen molar-refractivity contribution in [1.82, 2.24) is 0 Å². The van der Waals surface area contributed by atoms with Crippen molar-refractivity contribution >= 4 is 33.3 Å². The van der Waals surface area contributed by atoms with E-state index < -0.39 is 26.4 Å². The van der Waals surface area contributed by atoms with Crippen molar-refractivity contribution in [3.63, 3.8) is 0 Å². The number of nitriles is 1. The summed E-state index contributed by atoms with van der Waals surface area (Å²) in [7, 11) is -5.84. The number of nitrogens with zero attached hydrogens (tertiary/aromatic N) is 1. The first-order valence-electron chi connectivity index (χ1n) is 3.98. The van der Waals surface area contributed by atoms with Crippen LogP contribution in [0.2, 0.25) is 10.0 Å². The zero-order valence-electron chi connectivity index (χ0n) is 8.12. The van der Waals surface area contributed by atoms with Gasteiger partial charge >= 0.3 is 15.6 Å². The van der Waals surface area contributed by atoms with E-state index in [1.165, 1.54) is 0 Å². The monoisotopic (exact) mass is 319 g/mol. The van der Waals surface area contributed by atoms with E-state index >= 15 is 0 Å². The molecule has 0 aliphatic rings. The summed E-state index contributed by atoms with van der Waals surface area (Å²) in [5, 5.41) is 7.80. The Bertz CT molecular complexity index is 622. The van der Waals surface area contributed by atoms with Crippen LogP contribution in [0.4, 0.5) is 13.2 Å². The SMILES string of the molecule is N#Cc1cc(Cl)c(OS(=O)(=O)C(F)(F)F)cc1Cl. The Morgan fingerprint density at radius 2 is 1.78 bits per heavy atom. The van der Waals surface area contributed by atoms with Crippen LogP contribution in [0.3, 0.4) is 0 Å². The molecule has 0 aromatic heterocycles. The third-order valence-corrected chi connectivity index (χ3v) is 3.20. The second kappa shape index (κ2) is 4.84. The summed E-state index contributed by atoms with van der Waals surface area (Å²) in [5.74, 6) is -0.807. The predicted molar refractivity (Wildman–Crippen MR) is 56.8 cm³/mol. The lowest BCUT2D eigenvalue weighted by Crippen LogP contribution is -2.28. The van der Waals surface area contributed by atoms with Gasteiger partial charge in [0.1, 0.15) is 6.07 Å². The van der Waals surface area contributed by atoms with E-state index in [1.807, 2.05) is 0 Å². The van der Waals surface area contributed by atoms with Gasteiger partial charge in [0.25, 0.3) is 0 Å². The number of benzene rings is 1. The molecule has 0 radical (unpaired) electrons. The first-order valence-corrected chi connectivity index (χ1v) is 6.15. The molecule has 0 saturated carbocycles. The fraction of sp³-hybridized carbons (Fsp3) is 0.125. The molecule has 0 aliphatic heterocycles. The van der Waals surface area contributed by atoms with Crippen LogP contribution < -0.4 is 4.18 Å². The normalized spacial score (nSPS) is 12.0. The number of hydrogen-bond acceptors (Lipinski definition) is 4. The standard InChI is InChI=1S/C8H2Cl2F3NO3S/c9-5-2-7(6(10)1-4(5)3-14)17-18(15,16)8(11,12)13/h1-2H. The van der Waals surface area contributed by atoms with Crippen LogP contribution in [0.1, 0.15) is 5.56 Å². The topological polar surface area (TPSA) is 67.2 Å². The summed E-state index contributed by atoms with van der Waals surface area (Å²) in [6.45, 7) is 0. The molecule has 18 heavy (non-hydrogen) atoms. The van der Waals surface area contributed by atoms with Crippen molar-refractivity contribution in [2.45, 2.75) is 5.51 Å². The number of rotatable bonds is 2. The highest BCUT2D eigenvalue weighted by Crippen LogP contribution is 2.34. The molecule has 0 heterocycles. The van der Waals surface area contributed by atoms with Crippen molar-refractivity contribution in [1.29, 1.82) is 5.26 Å². The van der Waals surface area contributed by atoms with E-state index in [2.05, 4.69) is 4.18 Å². The maximum absolute atomic E-state index is 12.1. The predicted octanol–water partition coefficient (Wildman–Crippen LogP) is 3.09. The third-order valence-electron chi connectivity index (χ3n) is 1.62. The van der Waals surface area contributed by atoms with Gasteiger partial charge in [0.05, 0.1) is 15.6 Å². The number of halogens is 5. The van der Waals surface area contributed by atoms with Gasteiger partial charge < -0.3 is 4.18 Å². The fourth-order valence-corrected chi connectivity index (χ4v) is 1.76. The van der Waals surface area contributed by atoms with Crippen LogP contribution >= 0.6 is 23.2 Å². The summed E-state index contributed by atoms with van der Waals surface area (Å²) < 4.78 is 61.4. The summed E-state index contributed by atoms with van der Waals surface area (Å²) in [5.41, 5.74) is -5.71. The summed E-state index contributed by atoms with van der Waals surface area (Å²) in [6.07, 6.45) is 0. The highest BCUT2D eigenvalue weighted by molar-refractivity contribution is 7.88. The molecule has 0 amide bonds. The molecule has 1 rings (SSSR count). The molecule has 0 N–H and O–H groups in total. The molecule has 0 unspecified atom stereocenters. The van der Waals surface area contributed by atoms with Crippen LogP contribution in [0.15, 0.2) is 12.1 Å². The van der Waals surface area contributed by atoms with Crippen molar-refractivity contribution in [2.24, 2.45) is 0 Å². The third kappa shape index (κ3) is 2.98. The van der Waals surface area contributed by atoms with E-state index in [1.54, 1.807) is 6.07 Å². The molecule has 0 fully saturated rings.